The van der Waals surface area contributed by atoms with Crippen LogP contribution >= 0.6 is 11.6 Å². The van der Waals surface area contributed by atoms with E-state index in [1.807, 2.05) is 30.3 Å². The van der Waals surface area contributed by atoms with Gasteiger partial charge in [0.2, 0.25) is 5.91 Å². The third-order valence-electron chi connectivity index (χ3n) is 4.12. The third kappa shape index (κ3) is 2.57. The molecule has 4 rings (SSSR count). The van der Waals surface area contributed by atoms with Crippen molar-refractivity contribution in [2.24, 2.45) is 10.2 Å². The van der Waals surface area contributed by atoms with Gasteiger partial charge in [0.15, 0.2) is 6.17 Å². The van der Waals surface area contributed by atoms with Crippen LogP contribution in [0.25, 0.3) is 0 Å². The van der Waals surface area contributed by atoms with Gasteiger partial charge in [-0.3, -0.25) is 4.79 Å². The second kappa shape index (κ2) is 5.66. The molecule has 2 aromatic carbocycles. The Morgan fingerprint density at radius 1 is 1.22 bits per heavy atom. The molecule has 0 aliphatic carbocycles. The van der Waals surface area contributed by atoms with Crippen molar-refractivity contribution in [3.05, 3.63) is 58.6 Å². The Labute approximate surface area is 138 Å². The highest BCUT2D eigenvalue weighted by molar-refractivity contribution is 6.30. The summed E-state index contributed by atoms with van der Waals surface area (Å²) >= 11 is 6.06. The molecule has 6 heteroatoms. The number of amides is 1. The summed E-state index contributed by atoms with van der Waals surface area (Å²) in [6.45, 7) is 0.509. The van der Waals surface area contributed by atoms with Gasteiger partial charge in [0.1, 0.15) is 5.75 Å². The fourth-order valence-electron chi connectivity index (χ4n) is 2.97. The van der Waals surface area contributed by atoms with Crippen LogP contribution in [-0.4, -0.2) is 12.5 Å². The molecule has 1 amide bonds. The summed E-state index contributed by atoms with van der Waals surface area (Å²) in [5, 5.41) is 11.8. The minimum Gasteiger partial charge on any atom is -0.493 e. The Morgan fingerprint density at radius 3 is 3.00 bits per heavy atom. The normalized spacial score (nSPS) is 21.3. The Morgan fingerprint density at radius 2 is 2.09 bits per heavy atom. The Bertz CT molecular complexity index is 806. The average molecular weight is 328 g/mol. The second-order valence-electron chi connectivity index (χ2n) is 5.56. The maximum Gasteiger partial charge on any atom is 0.229 e. The molecule has 0 radical (unpaired) electrons. The minimum atomic E-state index is -0.427. The van der Waals surface area contributed by atoms with Crippen LogP contribution in [0.5, 0.6) is 5.75 Å². The standard InChI is InChI=1S/C17H14ClN3O2/c18-10-5-6-15-13(9-10)11(7-8-23-15)17(22)19-16-12-3-1-2-4-14(12)20-21-16/h1-6,9,11,16H,7-8H2,(H,19,22). The molecule has 1 N–H and O–H groups in total. The zero-order valence-electron chi connectivity index (χ0n) is 12.2. The first-order chi connectivity index (χ1) is 11.2. The van der Waals surface area contributed by atoms with Crippen LogP contribution in [0.4, 0.5) is 5.69 Å². The maximum absolute atomic E-state index is 12.7. The zero-order valence-corrected chi connectivity index (χ0v) is 13.0. The first-order valence-corrected chi connectivity index (χ1v) is 7.82. The van der Waals surface area contributed by atoms with E-state index in [2.05, 4.69) is 15.5 Å². The summed E-state index contributed by atoms with van der Waals surface area (Å²) in [4.78, 5) is 12.7. The fraction of sp³-hybridized carbons (Fsp3) is 0.235. The number of nitrogens with zero attached hydrogens (tertiary/aromatic N) is 2. The van der Waals surface area contributed by atoms with E-state index in [9.17, 15) is 4.79 Å². The molecule has 0 bridgehead atoms. The number of hydrogen-bond acceptors (Lipinski definition) is 4. The molecule has 0 fully saturated rings. The molecule has 2 atom stereocenters. The van der Waals surface area contributed by atoms with Gasteiger partial charge < -0.3 is 10.1 Å². The van der Waals surface area contributed by atoms with E-state index in [4.69, 9.17) is 16.3 Å². The van der Waals surface area contributed by atoms with Gasteiger partial charge in [-0.15, -0.1) is 0 Å². The molecule has 23 heavy (non-hydrogen) atoms. The highest BCUT2D eigenvalue weighted by atomic mass is 35.5. The number of ether oxygens (including phenoxy) is 1. The molecule has 2 aliphatic rings. The topological polar surface area (TPSA) is 63.0 Å². The second-order valence-corrected chi connectivity index (χ2v) is 5.99. The smallest absolute Gasteiger partial charge is 0.229 e. The Balaban J connectivity index is 1.58. The molecule has 5 nitrogen and oxygen atoms in total. The lowest BCUT2D eigenvalue weighted by Crippen LogP contribution is -2.34. The lowest BCUT2D eigenvalue weighted by molar-refractivity contribution is -0.123. The van der Waals surface area contributed by atoms with Crippen molar-refractivity contribution in [2.75, 3.05) is 6.61 Å². The van der Waals surface area contributed by atoms with Gasteiger partial charge in [-0.1, -0.05) is 29.8 Å². The molecule has 2 heterocycles. The van der Waals surface area contributed by atoms with E-state index in [1.54, 1.807) is 12.1 Å². The first-order valence-electron chi connectivity index (χ1n) is 7.45. The summed E-state index contributed by atoms with van der Waals surface area (Å²) in [5.74, 6) is 0.340. The van der Waals surface area contributed by atoms with Crippen molar-refractivity contribution >= 4 is 23.2 Å². The van der Waals surface area contributed by atoms with Crippen molar-refractivity contribution in [3.8, 4) is 5.75 Å². The number of halogens is 1. The largest absolute Gasteiger partial charge is 0.493 e. The van der Waals surface area contributed by atoms with Crippen LogP contribution in [0.15, 0.2) is 52.7 Å². The minimum absolute atomic E-state index is 0.0857. The summed E-state index contributed by atoms with van der Waals surface area (Å²) in [6, 6.07) is 13.0. The van der Waals surface area contributed by atoms with E-state index < -0.39 is 6.17 Å². The molecule has 116 valence electrons. The van der Waals surface area contributed by atoms with Crippen molar-refractivity contribution in [2.45, 2.75) is 18.5 Å². The lowest BCUT2D eigenvalue weighted by atomic mass is 9.92. The summed E-state index contributed by atoms with van der Waals surface area (Å²) in [7, 11) is 0. The molecule has 0 saturated heterocycles. The lowest BCUT2D eigenvalue weighted by Gasteiger charge is -2.26. The van der Waals surface area contributed by atoms with Crippen molar-refractivity contribution < 1.29 is 9.53 Å². The van der Waals surface area contributed by atoms with Gasteiger partial charge in [0.25, 0.3) is 0 Å². The van der Waals surface area contributed by atoms with Crippen LogP contribution in [-0.2, 0) is 4.79 Å². The van der Waals surface area contributed by atoms with Gasteiger partial charge in [-0.25, -0.2) is 0 Å². The van der Waals surface area contributed by atoms with Crippen molar-refractivity contribution in [3.63, 3.8) is 0 Å². The van der Waals surface area contributed by atoms with E-state index in [0.29, 0.717) is 23.8 Å². The van der Waals surface area contributed by atoms with Crippen LogP contribution in [0.2, 0.25) is 5.02 Å². The summed E-state index contributed by atoms with van der Waals surface area (Å²) in [6.07, 6.45) is 0.189. The summed E-state index contributed by atoms with van der Waals surface area (Å²) in [5.41, 5.74) is 2.54. The van der Waals surface area contributed by atoms with Crippen LogP contribution in [0.3, 0.4) is 0 Å². The van der Waals surface area contributed by atoms with Gasteiger partial charge in [-0.2, -0.15) is 10.2 Å². The molecule has 2 aromatic rings. The Hall–Kier alpha value is -2.40. The zero-order chi connectivity index (χ0) is 15.8. The molecule has 0 aromatic heterocycles. The van der Waals surface area contributed by atoms with Gasteiger partial charge in [0.05, 0.1) is 18.2 Å². The van der Waals surface area contributed by atoms with Gasteiger partial charge >= 0.3 is 0 Å². The number of rotatable bonds is 2. The van der Waals surface area contributed by atoms with E-state index >= 15 is 0 Å². The quantitative estimate of drug-likeness (QED) is 0.901. The number of benzene rings is 2. The average Bonchev–Trinajstić information content (AvgIpc) is 2.97. The number of nitrogens with one attached hydrogen (secondary N) is 1. The summed E-state index contributed by atoms with van der Waals surface area (Å²) < 4.78 is 5.60. The molecular weight excluding hydrogens is 314 g/mol. The number of carbonyl (C=O) groups is 1. The Kier molecular flexibility index (Phi) is 3.50. The highest BCUT2D eigenvalue weighted by Crippen LogP contribution is 2.38. The SMILES string of the molecule is O=C(NC1N=Nc2ccccc21)C1CCOc2ccc(Cl)cc21. The molecular formula is C17H14ClN3O2. The van der Waals surface area contributed by atoms with Crippen LogP contribution < -0.4 is 10.1 Å². The van der Waals surface area contributed by atoms with E-state index in [1.165, 1.54) is 0 Å². The predicted molar refractivity (Wildman–Crippen MR) is 86.1 cm³/mol. The third-order valence-corrected chi connectivity index (χ3v) is 4.35. The first kappa shape index (κ1) is 14.2. The van der Waals surface area contributed by atoms with Crippen molar-refractivity contribution in [1.82, 2.24) is 5.32 Å². The van der Waals surface area contributed by atoms with Gasteiger partial charge in [0, 0.05) is 16.1 Å². The molecule has 2 aliphatic heterocycles. The van der Waals surface area contributed by atoms with Crippen LogP contribution in [0.1, 0.15) is 29.6 Å². The molecule has 0 spiro atoms. The number of azo groups is 1. The predicted octanol–water partition coefficient (Wildman–Crippen LogP) is 4.12. The van der Waals surface area contributed by atoms with E-state index in [0.717, 1.165) is 16.8 Å². The molecule has 2 unspecified atom stereocenters. The van der Waals surface area contributed by atoms with Crippen molar-refractivity contribution in [1.29, 1.82) is 0 Å². The van der Waals surface area contributed by atoms with Crippen LogP contribution in [0, 0.1) is 0 Å². The number of fused-ring (bicyclic) bond motifs is 2. The maximum atomic E-state index is 12.7. The van der Waals surface area contributed by atoms with E-state index in [-0.39, 0.29) is 11.8 Å². The monoisotopic (exact) mass is 327 g/mol. The number of hydrogen-bond donors (Lipinski definition) is 1. The fourth-order valence-corrected chi connectivity index (χ4v) is 3.15. The van der Waals surface area contributed by atoms with Gasteiger partial charge in [-0.05, 0) is 30.7 Å². The number of carbonyl (C=O) groups excluding carboxylic acids is 1. The highest BCUT2D eigenvalue weighted by Gasteiger charge is 2.31. The molecule has 0 saturated carbocycles.